The van der Waals surface area contributed by atoms with E-state index in [1.54, 1.807) is 13.2 Å². The summed E-state index contributed by atoms with van der Waals surface area (Å²) in [6.45, 7) is 2.73. The predicted octanol–water partition coefficient (Wildman–Crippen LogP) is 3.35. The van der Waals surface area contributed by atoms with Crippen molar-refractivity contribution in [3.8, 4) is 11.5 Å². The van der Waals surface area contributed by atoms with Gasteiger partial charge in [-0.3, -0.25) is 4.90 Å². The summed E-state index contributed by atoms with van der Waals surface area (Å²) in [7, 11) is 1.58. The van der Waals surface area contributed by atoms with Gasteiger partial charge in [0.2, 0.25) is 0 Å². The van der Waals surface area contributed by atoms with Crippen molar-refractivity contribution < 1.29 is 9.84 Å². The molecule has 0 spiro atoms. The maximum absolute atomic E-state index is 10.2. The van der Waals surface area contributed by atoms with Crippen LogP contribution in [-0.4, -0.2) is 23.7 Å². The molecule has 0 saturated carbocycles. The third kappa shape index (κ3) is 3.03. The minimum atomic E-state index is 0.262. The zero-order valence-electron chi connectivity index (χ0n) is 12.4. The third-order valence-corrected chi connectivity index (χ3v) is 4.13. The number of aromatic hydroxyl groups is 1. The van der Waals surface area contributed by atoms with Crippen LogP contribution in [0.15, 0.2) is 42.5 Å². The summed E-state index contributed by atoms with van der Waals surface area (Å²) in [5, 5.41) is 10.2. The van der Waals surface area contributed by atoms with Crippen LogP contribution in [0.5, 0.6) is 11.5 Å². The first-order chi connectivity index (χ1) is 10.3. The molecule has 1 heterocycles. The molecule has 3 heteroatoms. The highest BCUT2D eigenvalue weighted by Crippen LogP contribution is 2.31. The van der Waals surface area contributed by atoms with Crippen LogP contribution in [0.1, 0.15) is 23.1 Å². The first-order valence-corrected chi connectivity index (χ1v) is 7.42. The van der Waals surface area contributed by atoms with Gasteiger partial charge in [0.25, 0.3) is 0 Å². The zero-order valence-corrected chi connectivity index (χ0v) is 12.4. The Balaban J connectivity index is 1.80. The number of rotatable bonds is 3. The molecule has 0 radical (unpaired) electrons. The Hall–Kier alpha value is -2.00. The molecule has 110 valence electrons. The highest BCUT2D eigenvalue weighted by molar-refractivity contribution is 5.45. The summed E-state index contributed by atoms with van der Waals surface area (Å²) in [6.07, 6.45) is 2.29. The molecule has 0 atom stereocenters. The van der Waals surface area contributed by atoms with E-state index in [0.717, 1.165) is 38.0 Å². The topological polar surface area (TPSA) is 32.7 Å². The van der Waals surface area contributed by atoms with Gasteiger partial charge in [-0.1, -0.05) is 36.4 Å². The number of benzene rings is 2. The van der Waals surface area contributed by atoms with Crippen molar-refractivity contribution in [2.45, 2.75) is 25.9 Å². The molecule has 0 aromatic heterocycles. The Morgan fingerprint density at radius 2 is 1.90 bits per heavy atom. The fourth-order valence-corrected chi connectivity index (χ4v) is 3.00. The number of hydrogen-bond donors (Lipinski definition) is 1. The molecular weight excluding hydrogens is 262 g/mol. The van der Waals surface area contributed by atoms with Crippen LogP contribution in [0.25, 0.3) is 0 Å². The molecule has 2 aromatic carbocycles. The van der Waals surface area contributed by atoms with Gasteiger partial charge >= 0.3 is 0 Å². The minimum Gasteiger partial charge on any atom is -0.504 e. The van der Waals surface area contributed by atoms with Crippen molar-refractivity contribution in [3.63, 3.8) is 0 Å². The molecule has 1 aliphatic heterocycles. The Morgan fingerprint density at radius 1 is 1.10 bits per heavy atom. The molecule has 0 unspecified atom stereocenters. The Bertz CT molecular complexity index is 624. The lowest BCUT2D eigenvalue weighted by atomic mass is 10.0. The van der Waals surface area contributed by atoms with Crippen molar-refractivity contribution >= 4 is 0 Å². The van der Waals surface area contributed by atoms with Gasteiger partial charge in [-0.15, -0.1) is 0 Å². The quantitative estimate of drug-likeness (QED) is 0.937. The van der Waals surface area contributed by atoms with Gasteiger partial charge in [-0.2, -0.15) is 0 Å². The maximum Gasteiger partial charge on any atom is 0.162 e. The summed E-state index contributed by atoms with van der Waals surface area (Å²) >= 11 is 0. The van der Waals surface area contributed by atoms with Gasteiger partial charge in [0, 0.05) is 18.7 Å². The van der Waals surface area contributed by atoms with Crippen LogP contribution in [0, 0.1) is 0 Å². The average Bonchev–Trinajstić information content (AvgIpc) is 2.71. The van der Waals surface area contributed by atoms with E-state index in [1.807, 2.05) is 12.1 Å². The lowest BCUT2D eigenvalue weighted by Gasteiger charge is -2.21. The lowest BCUT2D eigenvalue weighted by molar-refractivity contribution is 0.256. The Labute approximate surface area is 125 Å². The maximum atomic E-state index is 10.2. The molecular formula is C18H21NO2. The molecule has 0 aliphatic carbocycles. The van der Waals surface area contributed by atoms with E-state index in [9.17, 15) is 5.11 Å². The number of fused-ring (bicyclic) bond motifs is 1. The molecule has 1 aliphatic rings. The van der Waals surface area contributed by atoms with Crippen LogP contribution in [-0.2, 0) is 19.5 Å². The SMILES string of the molecule is COc1cccc(CN2CCCc3ccccc3C2)c1O. The van der Waals surface area contributed by atoms with Gasteiger partial charge in [0.15, 0.2) is 11.5 Å². The molecule has 2 aromatic rings. The standard InChI is InChI=1S/C18H21NO2/c1-21-17-10-4-8-16(18(17)20)13-19-11-5-9-14-6-2-3-7-15(14)12-19/h2-4,6-8,10,20H,5,9,11-13H2,1H3. The van der Waals surface area contributed by atoms with E-state index in [4.69, 9.17) is 4.74 Å². The van der Waals surface area contributed by atoms with Crippen LogP contribution in [0.2, 0.25) is 0 Å². The summed E-state index contributed by atoms with van der Waals surface area (Å²) in [5.74, 6) is 0.806. The lowest BCUT2D eigenvalue weighted by Crippen LogP contribution is -2.22. The van der Waals surface area contributed by atoms with E-state index >= 15 is 0 Å². The fourth-order valence-electron chi connectivity index (χ4n) is 3.00. The summed E-state index contributed by atoms with van der Waals surface area (Å²) < 4.78 is 5.19. The van der Waals surface area contributed by atoms with Crippen molar-refractivity contribution in [1.29, 1.82) is 0 Å². The van der Waals surface area contributed by atoms with Gasteiger partial charge < -0.3 is 9.84 Å². The number of phenolic OH excluding ortho intramolecular Hbond substituents is 1. The second-order valence-corrected chi connectivity index (χ2v) is 5.55. The Kier molecular flexibility index (Phi) is 4.11. The van der Waals surface area contributed by atoms with Gasteiger partial charge in [0.05, 0.1) is 7.11 Å². The van der Waals surface area contributed by atoms with Crippen molar-refractivity contribution in [1.82, 2.24) is 4.90 Å². The van der Waals surface area contributed by atoms with E-state index in [-0.39, 0.29) is 5.75 Å². The van der Waals surface area contributed by atoms with Crippen molar-refractivity contribution in [2.24, 2.45) is 0 Å². The normalized spacial score (nSPS) is 15.3. The van der Waals surface area contributed by atoms with Gasteiger partial charge in [0.1, 0.15) is 0 Å². The van der Waals surface area contributed by atoms with Crippen molar-refractivity contribution in [3.05, 3.63) is 59.2 Å². The van der Waals surface area contributed by atoms with Crippen LogP contribution >= 0.6 is 0 Å². The van der Waals surface area contributed by atoms with Crippen molar-refractivity contribution in [2.75, 3.05) is 13.7 Å². The zero-order chi connectivity index (χ0) is 14.7. The second kappa shape index (κ2) is 6.19. The monoisotopic (exact) mass is 283 g/mol. The van der Waals surface area contributed by atoms with E-state index < -0.39 is 0 Å². The largest absolute Gasteiger partial charge is 0.504 e. The molecule has 3 nitrogen and oxygen atoms in total. The second-order valence-electron chi connectivity index (χ2n) is 5.55. The molecule has 3 rings (SSSR count). The van der Waals surface area contributed by atoms with Crippen LogP contribution < -0.4 is 4.74 Å². The summed E-state index contributed by atoms with van der Waals surface area (Å²) in [5.41, 5.74) is 3.78. The van der Waals surface area contributed by atoms with Crippen LogP contribution in [0.4, 0.5) is 0 Å². The molecule has 0 saturated heterocycles. The van der Waals surface area contributed by atoms with Crippen LogP contribution in [0.3, 0.4) is 0 Å². The number of phenols is 1. The predicted molar refractivity (Wildman–Crippen MR) is 83.5 cm³/mol. The first-order valence-electron chi connectivity index (χ1n) is 7.42. The van der Waals surface area contributed by atoms with E-state index in [2.05, 4.69) is 29.2 Å². The summed E-state index contributed by atoms with van der Waals surface area (Å²) in [6, 6.07) is 14.3. The molecule has 0 fully saturated rings. The smallest absolute Gasteiger partial charge is 0.162 e. The number of ether oxygens (including phenoxy) is 1. The van der Waals surface area contributed by atoms with Gasteiger partial charge in [-0.25, -0.2) is 0 Å². The Morgan fingerprint density at radius 3 is 2.71 bits per heavy atom. The fraction of sp³-hybridized carbons (Fsp3) is 0.333. The highest BCUT2D eigenvalue weighted by Gasteiger charge is 2.16. The van der Waals surface area contributed by atoms with E-state index in [0.29, 0.717) is 5.75 Å². The summed E-state index contributed by atoms with van der Waals surface area (Å²) in [4.78, 5) is 2.39. The number of methoxy groups -OCH3 is 1. The minimum absolute atomic E-state index is 0.262. The number of para-hydroxylation sites is 1. The highest BCUT2D eigenvalue weighted by atomic mass is 16.5. The average molecular weight is 283 g/mol. The number of nitrogens with zero attached hydrogens (tertiary/aromatic N) is 1. The van der Waals surface area contributed by atoms with E-state index in [1.165, 1.54) is 11.1 Å². The molecule has 1 N–H and O–H groups in total. The third-order valence-electron chi connectivity index (χ3n) is 4.13. The molecule has 21 heavy (non-hydrogen) atoms. The number of hydrogen-bond acceptors (Lipinski definition) is 3. The number of aryl methyl sites for hydroxylation is 1. The van der Waals surface area contributed by atoms with Gasteiger partial charge in [-0.05, 0) is 36.6 Å². The molecule has 0 bridgehead atoms. The first kappa shape index (κ1) is 14.0. The molecule has 0 amide bonds.